The molecule has 0 saturated carbocycles. The van der Waals surface area contributed by atoms with Gasteiger partial charge in [-0.25, -0.2) is 4.79 Å². The van der Waals surface area contributed by atoms with Gasteiger partial charge < -0.3 is 15.0 Å². The van der Waals surface area contributed by atoms with Gasteiger partial charge in [0.2, 0.25) is 0 Å². The number of hydrogen-bond acceptors (Lipinski definition) is 3. The molecule has 0 bridgehead atoms. The van der Waals surface area contributed by atoms with Crippen molar-refractivity contribution in [2.24, 2.45) is 0 Å². The molecule has 0 unspecified atom stereocenters. The number of aromatic amines is 1. The average Bonchev–Trinajstić information content (AvgIpc) is 2.74. The molecule has 1 heterocycles. The van der Waals surface area contributed by atoms with Crippen LogP contribution in [-0.4, -0.2) is 23.0 Å². The third-order valence-corrected chi connectivity index (χ3v) is 3.24. The molecule has 2 N–H and O–H groups in total. The maximum Gasteiger partial charge on any atom is 0.340 e. The Morgan fingerprint density at radius 2 is 1.77 bits per heavy atom. The number of H-pyrrole nitrogens is 1. The van der Waals surface area contributed by atoms with Gasteiger partial charge in [0.1, 0.15) is 5.69 Å². The summed E-state index contributed by atoms with van der Waals surface area (Å²) in [7, 11) is 0. The van der Waals surface area contributed by atoms with E-state index in [1.807, 2.05) is 18.2 Å². The van der Waals surface area contributed by atoms with Crippen molar-refractivity contribution >= 4 is 17.6 Å². The molecule has 1 amide bonds. The fourth-order valence-corrected chi connectivity index (χ4v) is 2.27. The number of aromatic nitrogens is 1. The molecule has 0 fully saturated rings. The number of para-hydroxylation sites is 1. The first-order valence-corrected chi connectivity index (χ1v) is 7.16. The third kappa shape index (κ3) is 3.36. The minimum atomic E-state index is -0.417. The Hall–Kier alpha value is -2.56. The highest BCUT2D eigenvalue weighted by Gasteiger charge is 2.23. The van der Waals surface area contributed by atoms with Gasteiger partial charge in [0.25, 0.3) is 5.91 Å². The summed E-state index contributed by atoms with van der Waals surface area (Å²) in [6.07, 6.45) is -0.206. The van der Waals surface area contributed by atoms with Crippen LogP contribution in [0.15, 0.2) is 30.3 Å². The number of nitrogens with one attached hydrogen (secondary N) is 2. The molecule has 0 aliphatic carbocycles. The van der Waals surface area contributed by atoms with Crippen LogP contribution in [0.2, 0.25) is 0 Å². The Kier molecular flexibility index (Phi) is 4.65. The number of carbonyl (C=O) groups is 2. The van der Waals surface area contributed by atoms with Crippen molar-refractivity contribution in [3.05, 3.63) is 52.8 Å². The lowest BCUT2D eigenvalue weighted by Gasteiger charge is -2.08. The van der Waals surface area contributed by atoms with Crippen molar-refractivity contribution < 1.29 is 14.3 Å². The van der Waals surface area contributed by atoms with Crippen molar-refractivity contribution in [1.29, 1.82) is 0 Å². The molecule has 1 aromatic heterocycles. The number of hydrogen-bond donors (Lipinski definition) is 2. The zero-order valence-electron chi connectivity index (χ0n) is 13.2. The molecule has 0 atom stereocenters. The lowest BCUT2D eigenvalue weighted by molar-refractivity contribution is 0.0376. The van der Waals surface area contributed by atoms with Gasteiger partial charge in [-0.2, -0.15) is 0 Å². The van der Waals surface area contributed by atoms with E-state index in [1.54, 1.807) is 39.8 Å². The molecule has 5 nitrogen and oxygen atoms in total. The summed E-state index contributed by atoms with van der Waals surface area (Å²) in [5.41, 5.74) is 2.72. The summed E-state index contributed by atoms with van der Waals surface area (Å²) in [6.45, 7) is 7.07. The van der Waals surface area contributed by atoms with Crippen molar-refractivity contribution in [2.75, 3.05) is 5.32 Å². The number of ether oxygens (including phenoxy) is 1. The molecular weight excluding hydrogens is 280 g/mol. The topological polar surface area (TPSA) is 71.2 Å². The van der Waals surface area contributed by atoms with Crippen molar-refractivity contribution in [3.8, 4) is 0 Å². The van der Waals surface area contributed by atoms with E-state index in [0.717, 1.165) is 0 Å². The summed E-state index contributed by atoms with van der Waals surface area (Å²) in [5, 5.41) is 2.80. The fourth-order valence-electron chi connectivity index (χ4n) is 2.27. The van der Waals surface area contributed by atoms with E-state index in [0.29, 0.717) is 28.2 Å². The smallest absolute Gasteiger partial charge is 0.340 e. The van der Waals surface area contributed by atoms with Crippen molar-refractivity contribution in [1.82, 2.24) is 4.98 Å². The standard InChI is InChI=1S/C17H20N2O3/c1-10(2)22-17(21)14-11(3)15(18-12(14)4)16(20)19-13-8-6-5-7-9-13/h5-10,18H,1-4H3,(H,19,20). The van der Waals surface area contributed by atoms with Crippen molar-refractivity contribution in [2.45, 2.75) is 33.8 Å². The van der Waals surface area contributed by atoms with Crippen LogP contribution in [0.25, 0.3) is 0 Å². The van der Waals surface area contributed by atoms with Gasteiger partial charge in [-0.1, -0.05) is 18.2 Å². The first kappa shape index (κ1) is 15.8. The maximum absolute atomic E-state index is 12.4. The maximum atomic E-state index is 12.4. The van der Waals surface area contributed by atoms with Gasteiger partial charge >= 0.3 is 5.97 Å². The van der Waals surface area contributed by atoms with Crippen molar-refractivity contribution in [3.63, 3.8) is 0 Å². The normalized spacial score (nSPS) is 10.6. The van der Waals surface area contributed by atoms with Gasteiger partial charge in [0, 0.05) is 11.4 Å². The van der Waals surface area contributed by atoms with Gasteiger partial charge in [0.05, 0.1) is 11.7 Å². The van der Waals surface area contributed by atoms with Crippen LogP contribution in [-0.2, 0) is 4.74 Å². The van der Waals surface area contributed by atoms with E-state index < -0.39 is 5.97 Å². The van der Waals surface area contributed by atoms with Crippen LogP contribution >= 0.6 is 0 Å². The van der Waals surface area contributed by atoms with E-state index >= 15 is 0 Å². The second kappa shape index (κ2) is 6.47. The molecular formula is C17H20N2O3. The number of carbonyl (C=O) groups excluding carboxylic acids is 2. The Morgan fingerprint density at radius 1 is 1.14 bits per heavy atom. The highest BCUT2D eigenvalue weighted by atomic mass is 16.5. The number of esters is 1. The molecule has 22 heavy (non-hydrogen) atoms. The summed E-state index contributed by atoms with van der Waals surface area (Å²) in [4.78, 5) is 27.4. The Morgan fingerprint density at radius 3 is 2.36 bits per heavy atom. The lowest BCUT2D eigenvalue weighted by atomic mass is 10.1. The van der Waals surface area contributed by atoms with E-state index in [9.17, 15) is 9.59 Å². The van der Waals surface area contributed by atoms with E-state index in [1.165, 1.54) is 0 Å². The number of benzene rings is 1. The fraction of sp³-hybridized carbons (Fsp3) is 0.294. The van der Waals surface area contributed by atoms with Gasteiger partial charge in [-0.05, 0) is 45.4 Å². The molecule has 0 radical (unpaired) electrons. The van der Waals surface area contributed by atoms with E-state index in [4.69, 9.17) is 4.74 Å². The second-order valence-corrected chi connectivity index (χ2v) is 5.40. The molecule has 0 aliphatic rings. The molecule has 5 heteroatoms. The van der Waals surface area contributed by atoms with Crippen LogP contribution in [0.5, 0.6) is 0 Å². The van der Waals surface area contributed by atoms with Crippen LogP contribution < -0.4 is 5.32 Å². The Bertz CT molecular complexity index is 687. The monoisotopic (exact) mass is 300 g/mol. The third-order valence-electron chi connectivity index (χ3n) is 3.24. The summed E-state index contributed by atoms with van der Waals surface area (Å²) >= 11 is 0. The lowest BCUT2D eigenvalue weighted by Crippen LogP contribution is -2.15. The summed E-state index contributed by atoms with van der Waals surface area (Å²) in [5.74, 6) is -0.699. The molecule has 0 saturated heterocycles. The largest absolute Gasteiger partial charge is 0.459 e. The minimum Gasteiger partial charge on any atom is -0.459 e. The van der Waals surface area contributed by atoms with Crippen LogP contribution in [0.4, 0.5) is 5.69 Å². The zero-order valence-corrected chi connectivity index (χ0v) is 13.2. The molecule has 0 spiro atoms. The SMILES string of the molecule is Cc1[nH]c(C(=O)Nc2ccccc2)c(C)c1C(=O)OC(C)C. The highest BCUT2D eigenvalue weighted by molar-refractivity contribution is 6.06. The average molecular weight is 300 g/mol. The molecule has 2 aromatic rings. The number of anilines is 1. The van der Waals surface area contributed by atoms with Crippen LogP contribution in [0.1, 0.15) is 46.0 Å². The van der Waals surface area contributed by atoms with Gasteiger partial charge in [-0.3, -0.25) is 4.79 Å². The molecule has 1 aromatic carbocycles. The molecule has 0 aliphatic heterocycles. The predicted octanol–water partition coefficient (Wildman–Crippen LogP) is 3.45. The molecule has 2 rings (SSSR count). The van der Waals surface area contributed by atoms with Gasteiger partial charge in [-0.15, -0.1) is 0 Å². The Labute approximate surface area is 129 Å². The van der Waals surface area contributed by atoms with E-state index in [-0.39, 0.29) is 12.0 Å². The predicted molar refractivity (Wildman–Crippen MR) is 85.2 cm³/mol. The molecule has 116 valence electrons. The highest BCUT2D eigenvalue weighted by Crippen LogP contribution is 2.20. The quantitative estimate of drug-likeness (QED) is 0.850. The van der Waals surface area contributed by atoms with Gasteiger partial charge in [0.15, 0.2) is 0 Å². The second-order valence-electron chi connectivity index (χ2n) is 5.40. The summed E-state index contributed by atoms with van der Waals surface area (Å²) in [6, 6.07) is 9.16. The number of aryl methyl sites for hydroxylation is 1. The van der Waals surface area contributed by atoms with E-state index in [2.05, 4.69) is 10.3 Å². The van der Waals surface area contributed by atoms with Crippen LogP contribution in [0.3, 0.4) is 0 Å². The number of rotatable bonds is 4. The zero-order chi connectivity index (χ0) is 16.3. The van der Waals surface area contributed by atoms with Crippen LogP contribution in [0, 0.1) is 13.8 Å². The minimum absolute atomic E-state index is 0.206. The first-order valence-electron chi connectivity index (χ1n) is 7.16. The Balaban J connectivity index is 2.26. The first-order chi connectivity index (χ1) is 10.4. The number of amides is 1. The summed E-state index contributed by atoms with van der Waals surface area (Å²) < 4.78 is 5.22.